The van der Waals surface area contributed by atoms with E-state index in [1.165, 1.54) is 56.9 Å². The summed E-state index contributed by atoms with van der Waals surface area (Å²) < 4.78 is 0. The van der Waals surface area contributed by atoms with Gasteiger partial charge in [-0.25, -0.2) is 0 Å². The molecule has 0 radical (unpaired) electrons. The van der Waals surface area contributed by atoms with Gasteiger partial charge in [0.05, 0.1) is 0 Å². The molecule has 1 aromatic carbocycles. The number of nitrogens with zero attached hydrogens (tertiary/aromatic N) is 1. The van der Waals surface area contributed by atoms with Gasteiger partial charge in [0, 0.05) is 18.6 Å². The molecule has 2 heteroatoms. The molecule has 21 heavy (non-hydrogen) atoms. The van der Waals surface area contributed by atoms with Crippen molar-refractivity contribution in [2.75, 3.05) is 13.1 Å². The first-order valence-electron chi connectivity index (χ1n) is 8.83. The third-order valence-electron chi connectivity index (χ3n) is 5.75. The molecule has 0 amide bonds. The molecule has 0 aromatic heterocycles. The van der Waals surface area contributed by atoms with Gasteiger partial charge in [0.1, 0.15) is 0 Å². The van der Waals surface area contributed by atoms with Crippen LogP contribution in [0.3, 0.4) is 0 Å². The molecule has 3 rings (SSSR count). The zero-order chi connectivity index (χ0) is 14.7. The quantitative estimate of drug-likeness (QED) is 0.895. The van der Waals surface area contributed by atoms with Crippen LogP contribution in [0.4, 0.5) is 0 Å². The van der Waals surface area contributed by atoms with E-state index in [4.69, 9.17) is 5.73 Å². The average Bonchev–Trinajstić information content (AvgIpc) is 3.01. The van der Waals surface area contributed by atoms with E-state index in [2.05, 4.69) is 30.0 Å². The predicted molar refractivity (Wildman–Crippen MR) is 89.4 cm³/mol. The highest BCUT2D eigenvalue weighted by atomic mass is 15.2. The van der Waals surface area contributed by atoms with Crippen LogP contribution in [0.25, 0.3) is 0 Å². The van der Waals surface area contributed by atoms with Crippen molar-refractivity contribution in [1.29, 1.82) is 0 Å². The summed E-state index contributed by atoms with van der Waals surface area (Å²) in [6, 6.07) is 7.17. The number of benzene rings is 1. The molecule has 2 aliphatic rings. The molecule has 1 saturated carbocycles. The molecular weight excluding hydrogens is 256 g/mol. The molecule has 116 valence electrons. The smallest absolute Gasteiger partial charge is 0.0335 e. The molecule has 1 aromatic rings. The molecule has 1 fully saturated rings. The maximum Gasteiger partial charge on any atom is 0.0335 e. The molecule has 0 unspecified atom stereocenters. The normalized spacial score (nSPS) is 20.7. The molecule has 2 N–H and O–H groups in total. The van der Waals surface area contributed by atoms with Gasteiger partial charge in [0.2, 0.25) is 0 Å². The number of likely N-dealkylation sites (N-methyl/N-ethyl adjacent to an activating group) is 1. The van der Waals surface area contributed by atoms with Crippen LogP contribution < -0.4 is 5.73 Å². The molecule has 0 saturated heterocycles. The first-order chi connectivity index (χ1) is 10.3. The van der Waals surface area contributed by atoms with Crippen LogP contribution in [-0.2, 0) is 19.4 Å². The van der Waals surface area contributed by atoms with Gasteiger partial charge < -0.3 is 5.73 Å². The lowest BCUT2D eigenvalue weighted by Gasteiger charge is -2.46. The van der Waals surface area contributed by atoms with Crippen molar-refractivity contribution < 1.29 is 0 Å². The topological polar surface area (TPSA) is 29.3 Å². The molecule has 2 aliphatic carbocycles. The number of hydrogen-bond donors (Lipinski definition) is 1. The van der Waals surface area contributed by atoms with Crippen LogP contribution in [0, 0.1) is 0 Å². The van der Waals surface area contributed by atoms with Gasteiger partial charge in [-0.15, -0.1) is 0 Å². The molecule has 2 nitrogen and oxygen atoms in total. The van der Waals surface area contributed by atoms with Crippen molar-refractivity contribution in [3.05, 3.63) is 34.9 Å². The summed E-state index contributed by atoms with van der Waals surface area (Å²) in [4.78, 5) is 2.66. The third-order valence-corrected chi connectivity index (χ3v) is 5.75. The van der Waals surface area contributed by atoms with Crippen LogP contribution >= 0.6 is 0 Å². The Hall–Kier alpha value is -0.860. The summed E-state index contributed by atoms with van der Waals surface area (Å²) in [5.41, 5.74) is 11.1. The van der Waals surface area contributed by atoms with Crippen molar-refractivity contribution in [2.45, 2.75) is 70.4 Å². The predicted octanol–water partition coefficient (Wildman–Crippen LogP) is 3.66. The summed E-state index contributed by atoms with van der Waals surface area (Å²) in [6.07, 6.45) is 10.5. The highest BCUT2D eigenvalue weighted by Crippen LogP contribution is 2.34. The summed E-state index contributed by atoms with van der Waals surface area (Å²) in [5.74, 6) is 0. The monoisotopic (exact) mass is 286 g/mol. The lowest BCUT2D eigenvalue weighted by molar-refractivity contribution is 0.0546. The Kier molecular flexibility index (Phi) is 4.66. The van der Waals surface area contributed by atoms with Crippen LogP contribution in [0.1, 0.15) is 62.1 Å². The highest BCUT2D eigenvalue weighted by molar-refractivity contribution is 5.35. The van der Waals surface area contributed by atoms with Crippen LogP contribution in [0.15, 0.2) is 18.2 Å². The van der Waals surface area contributed by atoms with Crippen molar-refractivity contribution in [2.24, 2.45) is 5.73 Å². The number of rotatable bonds is 5. The van der Waals surface area contributed by atoms with Gasteiger partial charge in [-0.3, -0.25) is 4.90 Å². The molecule has 0 heterocycles. The summed E-state index contributed by atoms with van der Waals surface area (Å²) >= 11 is 0. The fourth-order valence-corrected chi connectivity index (χ4v) is 4.42. The Morgan fingerprint density at radius 2 is 1.81 bits per heavy atom. The van der Waals surface area contributed by atoms with Gasteiger partial charge >= 0.3 is 0 Å². The lowest BCUT2D eigenvalue weighted by atomic mass is 9.80. The van der Waals surface area contributed by atoms with E-state index in [1.807, 2.05) is 0 Å². The maximum absolute atomic E-state index is 6.22. The molecule has 0 atom stereocenters. The second kappa shape index (κ2) is 6.50. The zero-order valence-electron chi connectivity index (χ0n) is 13.5. The molecule has 0 spiro atoms. The Morgan fingerprint density at radius 1 is 1.05 bits per heavy atom. The Bertz CT molecular complexity index is 474. The second-order valence-corrected chi connectivity index (χ2v) is 6.96. The van der Waals surface area contributed by atoms with Crippen molar-refractivity contribution in [1.82, 2.24) is 4.90 Å². The fraction of sp³-hybridized carbons (Fsp3) is 0.684. The van der Waals surface area contributed by atoms with Crippen LogP contribution in [-0.4, -0.2) is 23.5 Å². The first kappa shape index (κ1) is 15.1. The summed E-state index contributed by atoms with van der Waals surface area (Å²) in [6.45, 7) is 5.28. The van der Waals surface area contributed by atoms with Crippen LogP contribution in [0.2, 0.25) is 0 Å². The molecule has 0 bridgehead atoms. The molecule has 0 aliphatic heterocycles. The van der Waals surface area contributed by atoms with Gasteiger partial charge in [-0.05, 0) is 55.3 Å². The Morgan fingerprint density at radius 3 is 2.52 bits per heavy atom. The first-order valence-corrected chi connectivity index (χ1v) is 8.83. The van der Waals surface area contributed by atoms with Crippen molar-refractivity contribution in [3.8, 4) is 0 Å². The van der Waals surface area contributed by atoms with E-state index in [1.54, 1.807) is 11.1 Å². The fourth-order valence-electron chi connectivity index (χ4n) is 4.42. The average molecular weight is 286 g/mol. The van der Waals surface area contributed by atoms with Gasteiger partial charge in [-0.2, -0.15) is 0 Å². The number of hydrogen-bond acceptors (Lipinski definition) is 2. The van der Waals surface area contributed by atoms with Crippen molar-refractivity contribution >= 4 is 0 Å². The maximum atomic E-state index is 6.22. The number of aryl methyl sites for hydroxylation is 2. The van der Waals surface area contributed by atoms with E-state index in [9.17, 15) is 0 Å². The minimum absolute atomic E-state index is 0.256. The Balaban J connectivity index is 1.77. The minimum Gasteiger partial charge on any atom is -0.329 e. The molecular formula is C19H30N2. The lowest BCUT2D eigenvalue weighted by Crippen LogP contribution is -2.54. The standard InChI is InChI=1S/C19H30N2/c1-2-21(19(15-20)11-4-3-5-12-19)14-16-9-10-17-7-6-8-18(17)13-16/h9-10,13H,2-8,11-12,14-15,20H2,1H3. The van der Waals surface area contributed by atoms with E-state index < -0.39 is 0 Å². The minimum atomic E-state index is 0.256. The van der Waals surface area contributed by atoms with Gasteiger partial charge in [0.15, 0.2) is 0 Å². The zero-order valence-corrected chi connectivity index (χ0v) is 13.5. The van der Waals surface area contributed by atoms with Gasteiger partial charge in [-0.1, -0.05) is 44.4 Å². The SMILES string of the molecule is CCN(Cc1ccc2c(c1)CCC2)C1(CN)CCCCC1. The number of nitrogens with two attached hydrogens (primary N) is 1. The van der Waals surface area contributed by atoms with E-state index >= 15 is 0 Å². The third kappa shape index (κ3) is 3.02. The van der Waals surface area contributed by atoms with E-state index in [0.29, 0.717) is 0 Å². The Labute approximate surface area is 129 Å². The largest absolute Gasteiger partial charge is 0.329 e. The van der Waals surface area contributed by atoms with Crippen molar-refractivity contribution in [3.63, 3.8) is 0 Å². The summed E-state index contributed by atoms with van der Waals surface area (Å²) in [5, 5.41) is 0. The number of fused-ring (bicyclic) bond motifs is 1. The second-order valence-electron chi connectivity index (χ2n) is 6.96. The van der Waals surface area contributed by atoms with E-state index in [0.717, 1.165) is 19.6 Å². The van der Waals surface area contributed by atoms with Crippen LogP contribution in [0.5, 0.6) is 0 Å². The van der Waals surface area contributed by atoms with Gasteiger partial charge in [0.25, 0.3) is 0 Å². The summed E-state index contributed by atoms with van der Waals surface area (Å²) in [7, 11) is 0. The van der Waals surface area contributed by atoms with E-state index in [-0.39, 0.29) is 5.54 Å². The highest BCUT2D eigenvalue weighted by Gasteiger charge is 2.35.